The van der Waals surface area contributed by atoms with Gasteiger partial charge < -0.3 is 24.6 Å². The van der Waals surface area contributed by atoms with Crippen LogP contribution in [0.2, 0.25) is 0 Å². The van der Waals surface area contributed by atoms with Gasteiger partial charge in [-0.1, -0.05) is 30.3 Å². The molecule has 186 valence electrons. The molecule has 4 rings (SSSR count). The Kier molecular flexibility index (Phi) is 8.42. The normalized spacial score (nSPS) is 13.5. The fraction of sp³-hybridized carbons (Fsp3) is 0.304. The maximum atomic E-state index is 12.7. The number of nitrogens with zero attached hydrogens (tertiary/aromatic N) is 4. The number of carboxylic acid groups (broad SMARTS) is 1. The van der Waals surface area contributed by atoms with E-state index in [2.05, 4.69) is 27.4 Å². The fourth-order valence-electron chi connectivity index (χ4n) is 3.21. The van der Waals surface area contributed by atoms with Gasteiger partial charge in [-0.2, -0.15) is 13.2 Å². The lowest BCUT2D eigenvalue weighted by atomic mass is 10.2. The van der Waals surface area contributed by atoms with E-state index in [1.807, 2.05) is 47.0 Å². The second-order valence-corrected chi connectivity index (χ2v) is 7.57. The van der Waals surface area contributed by atoms with Crippen molar-refractivity contribution in [2.45, 2.75) is 12.7 Å². The minimum atomic E-state index is -5.08. The summed E-state index contributed by atoms with van der Waals surface area (Å²) in [7, 11) is 1.88. The summed E-state index contributed by atoms with van der Waals surface area (Å²) >= 11 is 0. The van der Waals surface area contributed by atoms with Crippen molar-refractivity contribution < 1.29 is 32.6 Å². The summed E-state index contributed by atoms with van der Waals surface area (Å²) in [4.78, 5) is 32.3. The van der Waals surface area contributed by atoms with Gasteiger partial charge in [-0.3, -0.25) is 4.79 Å². The van der Waals surface area contributed by atoms with Crippen LogP contribution >= 0.6 is 0 Å². The highest BCUT2D eigenvalue weighted by atomic mass is 19.4. The SMILES string of the molecule is Cn1cc(-c2cnc(NCc3ccccc3)nc2)cc1C(=O)N1CCOCC1.O=C(O)C(F)(F)F. The summed E-state index contributed by atoms with van der Waals surface area (Å²) in [5.74, 6) is -2.15. The molecule has 0 bridgehead atoms. The molecule has 1 aromatic carbocycles. The molecule has 1 amide bonds. The number of hydrogen-bond donors (Lipinski definition) is 2. The molecule has 0 saturated carbocycles. The largest absolute Gasteiger partial charge is 0.490 e. The Labute approximate surface area is 199 Å². The number of alkyl halides is 3. The van der Waals surface area contributed by atoms with E-state index in [1.165, 1.54) is 5.56 Å². The van der Waals surface area contributed by atoms with Crippen molar-refractivity contribution in [3.63, 3.8) is 0 Å². The van der Waals surface area contributed by atoms with Gasteiger partial charge in [-0.15, -0.1) is 0 Å². The number of aliphatic carboxylic acids is 1. The lowest BCUT2D eigenvalue weighted by Crippen LogP contribution is -2.41. The predicted octanol–water partition coefficient (Wildman–Crippen LogP) is 3.20. The number of rotatable bonds is 5. The highest BCUT2D eigenvalue weighted by molar-refractivity contribution is 5.94. The smallest absolute Gasteiger partial charge is 0.475 e. The Morgan fingerprint density at radius 3 is 2.26 bits per heavy atom. The number of aryl methyl sites for hydroxylation is 1. The zero-order chi connectivity index (χ0) is 25.4. The number of carboxylic acids is 1. The van der Waals surface area contributed by atoms with Gasteiger partial charge >= 0.3 is 12.1 Å². The van der Waals surface area contributed by atoms with Crippen LogP contribution in [0.15, 0.2) is 55.0 Å². The van der Waals surface area contributed by atoms with E-state index in [0.29, 0.717) is 44.5 Å². The van der Waals surface area contributed by atoms with Crippen molar-refractivity contribution >= 4 is 17.8 Å². The molecule has 0 unspecified atom stereocenters. The molecule has 3 aromatic rings. The molecule has 0 atom stereocenters. The van der Waals surface area contributed by atoms with Gasteiger partial charge in [-0.25, -0.2) is 14.8 Å². The van der Waals surface area contributed by atoms with Gasteiger partial charge in [0.15, 0.2) is 0 Å². The van der Waals surface area contributed by atoms with Gasteiger partial charge in [0, 0.05) is 56.4 Å². The Morgan fingerprint density at radius 2 is 1.69 bits per heavy atom. The minimum Gasteiger partial charge on any atom is -0.475 e. The molecule has 2 aromatic heterocycles. The van der Waals surface area contributed by atoms with E-state index >= 15 is 0 Å². The molecule has 12 heteroatoms. The molecular formula is C23H24F3N5O4. The quantitative estimate of drug-likeness (QED) is 0.564. The third-order valence-corrected chi connectivity index (χ3v) is 5.04. The summed E-state index contributed by atoms with van der Waals surface area (Å²) < 4.78 is 38.9. The van der Waals surface area contributed by atoms with Crippen LogP contribution < -0.4 is 5.32 Å². The number of nitrogens with one attached hydrogen (secondary N) is 1. The number of ether oxygens (including phenoxy) is 1. The lowest BCUT2D eigenvalue weighted by Gasteiger charge is -2.26. The number of carbonyl (C=O) groups excluding carboxylic acids is 1. The number of carbonyl (C=O) groups is 2. The van der Waals surface area contributed by atoms with Crippen LogP contribution in [-0.4, -0.2) is 68.9 Å². The van der Waals surface area contributed by atoms with Crippen LogP contribution in [0.4, 0.5) is 19.1 Å². The Morgan fingerprint density at radius 1 is 1.09 bits per heavy atom. The first-order valence-corrected chi connectivity index (χ1v) is 10.6. The van der Waals surface area contributed by atoms with Crippen molar-refractivity contribution in [1.29, 1.82) is 0 Å². The minimum absolute atomic E-state index is 0.0270. The van der Waals surface area contributed by atoms with Gasteiger partial charge in [-0.05, 0) is 11.6 Å². The average Bonchev–Trinajstić information content (AvgIpc) is 3.25. The first kappa shape index (κ1) is 25.7. The number of anilines is 1. The van der Waals surface area contributed by atoms with Gasteiger partial charge in [0.25, 0.3) is 5.91 Å². The third-order valence-electron chi connectivity index (χ3n) is 5.04. The predicted molar refractivity (Wildman–Crippen MR) is 121 cm³/mol. The van der Waals surface area contributed by atoms with Gasteiger partial charge in [0.2, 0.25) is 5.95 Å². The zero-order valence-corrected chi connectivity index (χ0v) is 18.8. The molecule has 3 heterocycles. The molecule has 1 aliphatic rings. The number of hydrogen-bond acceptors (Lipinski definition) is 6. The summed E-state index contributed by atoms with van der Waals surface area (Å²) in [6, 6.07) is 12.0. The van der Waals surface area contributed by atoms with Crippen molar-refractivity contribution in [2.75, 3.05) is 31.6 Å². The summed E-state index contributed by atoms with van der Waals surface area (Å²) in [5.41, 5.74) is 3.63. The van der Waals surface area contributed by atoms with Crippen LogP contribution in [-0.2, 0) is 23.1 Å². The fourth-order valence-corrected chi connectivity index (χ4v) is 3.21. The van der Waals surface area contributed by atoms with E-state index in [1.54, 1.807) is 12.4 Å². The third kappa shape index (κ3) is 7.27. The van der Waals surface area contributed by atoms with Gasteiger partial charge in [0.05, 0.1) is 13.2 Å². The molecule has 35 heavy (non-hydrogen) atoms. The maximum absolute atomic E-state index is 12.7. The molecule has 9 nitrogen and oxygen atoms in total. The standard InChI is InChI=1S/C21H23N5O2.C2HF3O2/c1-25-15-17(11-19(25)20(27)26-7-9-28-10-8-26)18-13-23-21(24-14-18)22-12-16-5-3-2-4-6-16;3-2(4,5)1(6)7/h2-6,11,13-15H,7-10,12H2,1H3,(H,22,23,24);(H,6,7). The summed E-state index contributed by atoms with van der Waals surface area (Å²) in [6.07, 6.45) is 0.404. The first-order valence-electron chi connectivity index (χ1n) is 10.6. The van der Waals surface area contributed by atoms with E-state index < -0.39 is 12.1 Å². The number of amides is 1. The molecule has 0 aliphatic carbocycles. The first-order chi connectivity index (χ1) is 16.6. The van der Waals surface area contributed by atoms with Gasteiger partial charge in [0.1, 0.15) is 5.69 Å². The summed E-state index contributed by atoms with van der Waals surface area (Å²) in [5, 5.41) is 10.3. The van der Waals surface area contributed by atoms with E-state index in [-0.39, 0.29) is 5.91 Å². The zero-order valence-electron chi connectivity index (χ0n) is 18.8. The molecule has 0 radical (unpaired) electrons. The van der Waals surface area contributed by atoms with Crippen LogP contribution in [0, 0.1) is 0 Å². The topological polar surface area (TPSA) is 110 Å². The molecule has 1 aliphatic heterocycles. The monoisotopic (exact) mass is 491 g/mol. The van der Waals surface area contributed by atoms with Crippen LogP contribution in [0.1, 0.15) is 16.1 Å². The number of aromatic nitrogens is 3. The average molecular weight is 491 g/mol. The van der Waals surface area contributed by atoms with E-state index in [4.69, 9.17) is 14.6 Å². The molecule has 0 spiro atoms. The second kappa shape index (κ2) is 11.5. The van der Waals surface area contributed by atoms with Crippen molar-refractivity contribution in [3.8, 4) is 11.1 Å². The van der Waals surface area contributed by atoms with Crippen LogP contribution in [0.3, 0.4) is 0 Å². The molecule has 1 saturated heterocycles. The van der Waals surface area contributed by atoms with Crippen LogP contribution in [0.25, 0.3) is 11.1 Å². The second-order valence-electron chi connectivity index (χ2n) is 7.57. The summed E-state index contributed by atoms with van der Waals surface area (Å²) in [6.45, 7) is 3.11. The molecular weight excluding hydrogens is 467 g/mol. The number of morpholine rings is 1. The van der Waals surface area contributed by atoms with Crippen molar-refractivity contribution in [2.24, 2.45) is 7.05 Å². The number of halogens is 3. The van der Waals surface area contributed by atoms with Crippen LogP contribution in [0.5, 0.6) is 0 Å². The van der Waals surface area contributed by atoms with Crippen molar-refractivity contribution in [3.05, 3.63) is 66.2 Å². The lowest BCUT2D eigenvalue weighted by molar-refractivity contribution is -0.192. The highest BCUT2D eigenvalue weighted by Crippen LogP contribution is 2.22. The highest BCUT2D eigenvalue weighted by Gasteiger charge is 2.38. The van der Waals surface area contributed by atoms with E-state index in [9.17, 15) is 18.0 Å². The van der Waals surface area contributed by atoms with Crippen molar-refractivity contribution in [1.82, 2.24) is 19.4 Å². The Bertz CT molecular complexity index is 1130. The molecule has 2 N–H and O–H groups in total. The number of benzene rings is 1. The maximum Gasteiger partial charge on any atom is 0.490 e. The Hall–Kier alpha value is -3.93. The molecule has 1 fully saturated rings. The Balaban J connectivity index is 0.000000429. The van der Waals surface area contributed by atoms with E-state index in [0.717, 1.165) is 11.1 Å².